The van der Waals surface area contributed by atoms with Gasteiger partial charge in [0.1, 0.15) is 5.75 Å². The highest BCUT2D eigenvalue weighted by molar-refractivity contribution is 6.30. The van der Waals surface area contributed by atoms with E-state index >= 15 is 0 Å². The van der Waals surface area contributed by atoms with Gasteiger partial charge in [0.25, 0.3) is 0 Å². The lowest BCUT2D eigenvalue weighted by atomic mass is 10.1. The fraction of sp³-hybridized carbons (Fsp3) is 0.588. The fourth-order valence-corrected chi connectivity index (χ4v) is 3.29. The second-order valence-electron chi connectivity index (χ2n) is 6.38. The van der Waals surface area contributed by atoms with E-state index in [1.54, 1.807) is 25.3 Å². The topological polar surface area (TPSA) is 53.6 Å². The first kappa shape index (κ1) is 16.4. The highest BCUT2D eigenvalue weighted by Gasteiger charge is 2.34. The molecule has 5 nitrogen and oxygen atoms in total. The molecule has 23 heavy (non-hydrogen) atoms. The molecule has 6 heteroatoms. The van der Waals surface area contributed by atoms with Gasteiger partial charge >= 0.3 is 0 Å². The zero-order valence-corrected chi connectivity index (χ0v) is 14.2. The van der Waals surface area contributed by atoms with Crippen molar-refractivity contribution >= 4 is 23.2 Å². The smallest absolute Gasteiger partial charge is 0.239 e. The largest absolute Gasteiger partial charge is 0.495 e. The molecule has 0 aromatic heterocycles. The Hall–Kier alpha value is -1.46. The Morgan fingerprint density at radius 3 is 2.96 bits per heavy atom. The number of carbonyl (C=O) groups is 1. The minimum atomic E-state index is -0.00287. The molecule has 2 aliphatic rings. The number of nitrogens with zero attached hydrogens (tertiary/aromatic N) is 1. The average Bonchev–Trinajstić information content (AvgIpc) is 3.30. The van der Waals surface area contributed by atoms with Crippen LogP contribution in [0.1, 0.15) is 19.3 Å². The van der Waals surface area contributed by atoms with Crippen LogP contribution in [0.5, 0.6) is 5.75 Å². The monoisotopic (exact) mass is 337 g/mol. The van der Waals surface area contributed by atoms with Crippen LogP contribution in [0, 0.1) is 5.92 Å². The summed E-state index contributed by atoms with van der Waals surface area (Å²) in [6, 6.07) is 6.14. The SMILES string of the molecule is COc1ccc(Cl)cc1NCC(=O)NC[C@@H]1CCN(C2CC2)C1. The van der Waals surface area contributed by atoms with Crippen molar-refractivity contribution in [1.29, 1.82) is 0 Å². The summed E-state index contributed by atoms with van der Waals surface area (Å²) in [7, 11) is 1.60. The van der Waals surface area contributed by atoms with Crippen LogP contribution < -0.4 is 15.4 Å². The van der Waals surface area contributed by atoms with E-state index < -0.39 is 0 Å². The zero-order valence-electron chi connectivity index (χ0n) is 13.5. The Bertz CT molecular complexity index is 563. The van der Waals surface area contributed by atoms with E-state index in [9.17, 15) is 4.79 Å². The number of rotatable bonds is 7. The van der Waals surface area contributed by atoms with Crippen molar-refractivity contribution < 1.29 is 9.53 Å². The summed E-state index contributed by atoms with van der Waals surface area (Å²) in [5.41, 5.74) is 0.732. The third-order valence-corrected chi connectivity index (χ3v) is 4.80. The molecule has 1 amide bonds. The molecule has 1 aliphatic carbocycles. The number of ether oxygens (including phenoxy) is 1. The van der Waals surface area contributed by atoms with Gasteiger partial charge in [-0.05, 0) is 49.9 Å². The Morgan fingerprint density at radius 2 is 2.22 bits per heavy atom. The molecule has 1 aromatic rings. The first-order valence-electron chi connectivity index (χ1n) is 8.24. The number of nitrogens with one attached hydrogen (secondary N) is 2. The molecule has 1 saturated carbocycles. The summed E-state index contributed by atoms with van der Waals surface area (Å²) < 4.78 is 5.26. The second kappa shape index (κ2) is 7.41. The van der Waals surface area contributed by atoms with Crippen LogP contribution in [0.25, 0.3) is 0 Å². The van der Waals surface area contributed by atoms with Gasteiger partial charge in [-0.15, -0.1) is 0 Å². The van der Waals surface area contributed by atoms with Crippen LogP contribution in [0.15, 0.2) is 18.2 Å². The van der Waals surface area contributed by atoms with Crippen LogP contribution in [-0.4, -0.2) is 50.1 Å². The third kappa shape index (κ3) is 4.52. The summed E-state index contributed by atoms with van der Waals surface area (Å²) >= 11 is 5.98. The minimum Gasteiger partial charge on any atom is -0.495 e. The van der Waals surface area contributed by atoms with E-state index in [2.05, 4.69) is 15.5 Å². The molecular formula is C17H24ClN3O2. The Labute approximate surface area is 142 Å². The summed E-state index contributed by atoms with van der Waals surface area (Å²) in [5.74, 6) is 1.26. The molecule has 1 heterocycles. The van der Waals surface area contributed by atoms with Gasteiger partial charge in [-0.3, -0.25) is 4.79 Å². The molecule has 126 valence electrons. The van der Waals surface area contributed by atoms with Gasteiger partial charge in [0.05, 0.1) is 19.3 Å². The fourth-order valence-electron chi connectivity index (χ4n) is 3.12. The number of methoxy groups -OCH3 is 1. The average molecular weight is 338 g/mol. The maximum Gasteiger partial charge on any atom is 0.239 e. The predicted molar refractivity (Wildman–Crippen MR) is 92.2 cm³/mol. The highest BCUT2D eigenvalue weighted by atomic mass is 35.5. The van der Waals surface area contributed by atoms with Gasteiger partial charge in [-0.1, -0.05) is 11.6 Å². The molecule has 1 atom stereocenters. The normalized spacial score (nSPS) is 21.2. The van der Waals surface area contributed by atoms with Crippen LogP contribution in [0.3, 0.4) is 0 Å². The standard InChI is InChI=1S/C17H24ClN3O2/c1-23-16-5-2-13(18)8-15(16)19-10-17(22)20-9-12-6-7-21(11-12)14-3-4-14/h2,5,8,12,14,19H,3-4,6-7,9-11H2,1H3,(H,20,22)/t12-/m0/s1. The Morgan fingerprint density at radius 1 is 1.39 bits per heavy atom. The molecular weight excluding hydrogens is 314 g/mol. The molecule has 1 aliphatic heterocycles. The number of likely N-dealkylation sites (tertiary alicyclic amines) is 1. The summed E-state index contributed by atoms with van der Waals surface area (Å²) in [5, 5.41) is 6.72. The first-order valence-corrected chi connectivity index (χ1v) is 8.61. The van der Waals surface area contributed by atoms with E-state index in [0.717, 1.165) is 24.8 Å². The van der Waals surface area contributed by atoms with Crippen LogP contribution in [-0.2, 0) is 4.79 Å². The molecule has 0 unspecified atom stereocenters. The van der Waals surface area contributed by atoms with Crippen LogP contribution in [0.2, 0.25) is 5.02 Å². The molecule has 2 fully saturated rings. The lowest BCUT2D eigenvalue weighted by Gasteiger charge is -2.15. The number of hydrogen-bond acceptors (Lipinski definition) is 4. The van der Waals surface area contributed by atoms with Gasteiger partial charge in [0.2, 0.25) is 5.91 Å². The van der Waals surface area contributed by atoms with Crippen molar-refractivity contribution in [2.75, 3.05) is 38.6 Å². The lowest BCUT2D eigenvalue weighted by molar-refractivity contribution is -0.119. The lowest BCUT2D eigenvalue weighted by Crippen LogP contribution is -2.35. The molecule has 0 spiro atoms. The Balaban J connectivity index is 1.40. The Kier molecular flexibility index (Phi) is 5.28. The van der Waals surface area contributed by atoms with Gasteiger partial charge in [-0.2, -0.15) is 0 Å². The summed E-state index contributed by atoms with van der Waals surface area (Å²) in [6.07, 6.45) is 3.89. The number of anilines is 1. The van der Waals surface area contributed by atoms with Crippen LogP contribution in [0.4, 0.5) is 5.69 Å². The van der Waals surface area contributed by atoms with Crippen molar-refractivity contribution in [3.63, 3.8) is 0 Å². The molecule has 3 rings (SSSR count). The minimum absolute atomic E-state index is 0.00287. The molecule has 0 radical (unpaired) electrons. The molecule has 1 aromatic carbocycles. The molecule has 2 N–H and O–H groups in total. The quantitative estimate of drug-likeness (QED) is 0.802. The highest BCUT2D eigenvalue weighted by Crippen LogP contribution is 2.31. The molecule has 1 saturated heterocycles. The van der Waals surface area contributed by atoms with Gasteiger partial charge in [0.15, 0.2) is 0 Å². The predicted octanol–water partition coefficient (Wildman–Crippen LogP) is 2.36. The zero-order chi connectivity index (χ0) is 16.2. The van der Waals surface area contributed by atoms with E-state index in [-0.39, 0.29) is 12.5 Å². The summed E-state index contributed by atoms with van der Waals surface area (Å²) in [6.45, 7) is 3.29. The number of halogens is 1. The number of carbonyl (C=O) groups excluding carboxylic acids is 1. The van der Waals surface area contributed by atoms with E-state index in [4.69, 9.17) is 16.3 Å². The third-order valence-electron chi connectivity index (χ3n) is 4.57. The second-order valence-corrected chi connectivity index (χ2v) is 6.82. The van der Waals surface area contributed by atoms with E-state index in [1.165, 1.54) is 25.8 Å². The van der Waals surface area contributed by atoms with Gasteiger partial charge in [0, 0.05) is 24.2 Å². The van der Waals surface area contributed by atoms with Crippen molar-refractivity contribution in [2.24, 2.45) is 5.92 Å². The summed E-state index contributed by atoms with van der Waals surface area (Å²) in [4.78, 5) is 14.6. The number of amides is 1. The van der Waals surface area contributed by atoms with Gasteiger partial charge < -0.3 is 20.3 Å². The first-order chi connectivity index (χ1) is 11.2. The van der Waals surface area contributed by atoms with Crippen molar-refractivity contribution in [2.45, 2.75) is 25.3 Å². The molecule has 0 bridgehead atoms. The maximum absolute atomic E-state index is 12.0. The van der Waals surface area contributed by atoms with E-state index in [1.807, 2.05) is 0 Å². The maximum atomic E-state index is 12.0. The van der Waals surface area contributed by atoms with Gasteiger partial charge in [-0.25, -0.2) is 0 Å². The van der Waals surface area contributed by atoms with Crippen molar-refractivity contribution in [3.8, 4) is 5.75 Å². The number of hydrogen-bond donors (Lipinski definition) is 2. The number of benzene rings is 1. The van der Waals surface area contributed by atoms with E-state index in [0.29, 0.717) is 16.7 Å². The van der Waals surface area contributed by atoms with Crippen molar-refractivity contribution in [1.82, 2.24) is 10.2 Å². The van der Waals surface area contributed by atoms with Crippen LogP contribution >= 0.6 is 11.6 Å². The van der Waals surface area contributed by atoms with Crippen molar-refractivity contribution in [3.05, 3.63) is 23.2 Å².